The quantitative estimate of drug-likeness (QED) is 0.163. The van der Waals surface area contributed by atoms with Gasteiger partial charge in [-0.15, -0.1) is 22.7 Å². The fraction of sp³-hybridized carbons (Fsp3) is 0.239. The maximum Gasteiger partial charge on any atom is 0.252 e. The molecule has 0 spiro atoms. The lowest BCUT2D eigenvalue weighted by Crippen LogP contribution is -2.61. The first-order valence-corrected chi connectivity index (χ1v) is 30.3. The lowest BCUT2D eigenvalue weighted by molar-refractivity contribution is 0.195. The Morgan fingerprint density at radius 3 is 1.50 bits per heavy atom. The van der Waals surface area contributed by atoms with Gasteiger partial charge in [0.1, 0.15) is 0 Å². The Bertz CT molecular complexity index is 4400. The Hall–Kier alpha value is -7.32. The molecule has 2 fully saturated rings. The SMILES string of the molecule is Cc1cc2c3c(c1)N(c1cccc4sc5ccccc5c14)c1cc(N4c5ccccc5C5(C)CCCCC45C)ccc1B3c1ccc(N3c4ccccc4C4(C)CCCCC34C)cc1N2c1cccc2c1sc1ccccc12. The Balaban J connectivity index is 0.966. The van der Waals surface area contributed by atoms with Crippen LogP contribution in [0.2, 0.25) is 0 Å². The largest absolute Gasteiger partial charge is 0.334 e. The van der Waals surface area contributed by atoms with Crippen LogP contribution in [0.4, 0.5) is 56.9 Å². The van der Waals surface area contributed by atoms with E-state index in [0.717, 1.165) is 12.8 Å². The highest BCUT2D eigenvalue weighted by Crippen LogP contribution is 2.63. The Kier molecular flexibility index (Phi) is 9.33. The van der Waals surface area contributed by atoms with Gasteiger partial charge < -0.3 is 19.6 Å². The number of fused-ring (bicyclic) bond motifs is 16. The molecule has 4 nitrogen and oxygen atoms in total. The zero-order valence-corrected chi connectivity index (χ0v) is 46.8. The van der Waals surface area contributed by atoms with E-state index >= 15 is 0 Å². The monoisotopic (exact) mass is 1040 g/mol. The lowest BCUT2D eigenvalue weighted by atomic mass is 9.33. The molecule has 9 aromatic carbocycles. The molecule has 0 amide bonds. The van der Waals surface area contributed by atoms with E-state index < -0.39 is 0 Å². The van der Waals surface area contributed by atoms with Crippen molar-refractivity contribution in [3.8, 4) is 0 Å². The summed E-state index contributed by atoms with van der Waals surface area (Å²) in [4.78, 5) is 11.0. The van der Waals surface area contributed by atoms with Crippen molar-refractivity contribution in [2.45, 2.75) is 108 Å². The van der Waals surface area contributed by atoms with Gasteiger partial charge in [-0.2, -0.15) is 0 Å². The van der Waals surface area contributed by atoms with Crippen LogP contribution in [0.5, 0.6) is 0 Å². The fourth-order valence-electron chi connectivity index (χ4n) is 17.0. The molecular formula is C71H61BN4S2. The van der Waals surface area contributed by atoms with Crippen molar-refractivity contribution in [1.82, 2.24) is 0 Å². The van der Waals surface area contributed by atoms with Crippen LogP contribution in [0.15, 0.2) is 182 Å². The molecule has 17 rings (SSSR count). The van der Waals surface area contributed by atoms with Crippen molar-refractivity contribution in [3.63, 3.8) is 0 Å². The minimum Gasteiger partial charge on any atom is -0.334 e. The average Bonchev–Trinajstić information content (AvgIpc) is 4.18. The van der Waals surface area contributed by atoms with Crippen LogP contribution in [0, 0.1) is 6.92 Å². The molecule has 0 radical (unpaired) electrons. The number of nitrogens with zero attached hydrogens (tertiary/aromatic N) is 4. The molecule has 4 atom stereocenters. The highest BCUT2D eigenvalue weighted by molar-refractivity contribution is 7.26. The zero-order chi connectivity index (χ0) is 52.0. The molecule has 2 saturated carbocycles. The van der Waals surface area contributed by atoms with E-state index in [0.29, 0.717) is 0 Å². The predicted octanol–water partition coefficient (Wildman–Crippen LogP) is 18.3. The minimum absolute atomic E-state index is 0.0287. The molecule has 78 heavy (non-hydrogen) atoms. The highest BCUT2D eigenvalue weighted by atomic mass is 32.1. The third kappa shape index (κ3) is 5.71. The number of anilines is 10. The number of hydrogen-bond acceptors (Lipinski definition) is 6. The summed E-state index contributed by atoms with van der Waals surface area (Å²) in [6, 6.07) is 71.3. The predicted molar refractivity (Wildman–Crippen MR) is 337 cm³/mol. The van der Waals surface area contributed by atoms with Crippen molar-refractivity contribution in [2.75, 3.05) is 19.6 Å². The average molecular weight is 1050 g/mol. The summed E-state index contributed by atoms with van der Waals surface area (Å²) in [5.41, 5.74) is 21.1. The van der Waals surface area contributed by atoms with Crippen LogP contribution in [-0.4, -0.2) is 17.8 Å². The number of rotatable bonds is 4. The van der Waals surface area contributed by atoms with Crippen molar-refractivity contribution in [1.29, 1.82) is 0 Å². The Morgan fingerprint density at radius 2 is 0.872 bits per heavy atom. The molecule has 7 heteroatoms. The van der Waals surface area contributed by atoms with Gasteiger partial charge >= 0.3 is 0 Å². The zero-order valence-electron chi connectivity index (χ0n) is 45.2. The van der Waals surface area contributed by atoms with Gasteiger partial charge in [0.05, 0.1) is 27.2 Å². The summed E-state index contributed by atoms with van der Waals surface area (Å²) in [6.45, 7) is 12.6. The van der Waals surface area contributed by atoms with E-state index in [1.165, 1.54) is 169 Å². The first-order valence-electron chi connectivity index (χ1n) is 28.7. The molecule has 380 valence electrons. The van der Waals surface area contributed by atoms with Crippen LogP contribution in [0.1, 0.15) is 95.8 Å². The minimum atomic E-state index is -0.0743. The van der Waals surface area contributed by atoms with Gasteiger partial charge in [-0.1, -0.05) is 143 Å². The molecule has 4 aliphatic heterocycles. The third-order valence-electron chi connectivity index (χ3n) is 21.0. The first-order chi connectivity index (χ1) is 38.1. The van der Waals surface area contributed by atoms with Crippen LogP contribution >= 0.6 is 22.7 Å². The van der Waals surface area contributed by atoms with Gasteiger partial charge in [0.2, 0.25) is 0 Å². The maximum atomic E-state index is 2.78. The second kappa shape index (κ2) is 15.9. The summed E-state index contributed by atoms with van der Waals surface area (Å²) in [5.74, 6) is 0. The van der Waals surface area contributed by atoms with E-state index in [9.17, 15) is 0 Å². The normalized spacial score (nSPS) is 23.6. The van der Waals surface area contributed by atoms with Crippen LogP contribution < -0.4 is 36.0 Å². The number of para-hydroxylation sites is 2. The fourth-order valence-corrected chi connectivity index (χ4v) is 19.3. The highest BCUT2D eigenvalue weighted by Gasteiger charge is 2.59. The van der Waals surface area contributed by atoms with E-state index in [1.54, 1.807) is 0 Å². The summed E-state index contributed by atoms with van der Waals surface area (Å²) < 4.78 is 5.28. The summed E-state index contributed by atoms with van der Waals surface area (Å²) in [6.07, 6.45) is 9.73. The number of aryl methyl sites for hydroxylation is 1. The molecule has 2 aliphatic carbocycles. The molecule has 0 saturated heterocycles. The molecule has 11 aromatic rings. The molecule has 2 aromatic heterocycles. The molecule has 6 aliphatic rings. The van der Waals surface area contributed by atoms with E-state index in [4.69, 9.17) is 0 Å². The van der Waals surface area contributed by atoms with Crippen molar-refractivity contribution in [3.05, 3.63) is 199 Å². The summed E-state index contributed by atoms with van der Waals surface area (Å²) in [7, 11) is 0. The van der Waals surface area contributed by atoms with Gasteiger partial charge in [0.25, 0.3) is 6.71 Å². The first kappa shape index (κ1) is 45.7. The Morgan fingerprint density at radius 1 is 0.397 bits per heavy atom. The summed E-state index contributed by atoms with van der Waals surface area (Å²) >= 11 is 3.84. The number of thiophene rings is 2. The number of benzene rings is 9. The molecule has 4 unspecified atom stereocenters. The second-order valence-corrected chi connectivity index (χ2v) is 26.8. The van der Waals surface area contributed by atoms with Crippen molar-refractivity contribution < 1.29 is 0 Å². The van der Waals surface area contributed by atoms with Crippen LogP contribution in [-0.2, 0) is 10.8 Å². The third-order valence-corrected chi connectivity index (χ3v) is 23.3. The molecule has 0 N–H and O–H groups in total. The molecule has 0 bridgehead atoms. The standard InChI is InChI=1S/C71H61BN4S2/c1-44-40-60-66-61(41-44)74(57-28-18-22-48-47-20-6-12-29-62(47)78-67(48)57)59-43-46(76-55-26-11-9-24-51(55)69(3)37-15-17-39-71(69,76)5)33-35-53(59)72(66)52-34-32-45(75-54-25-10-8-23-50(54)68(2)36-14-16-38-70(68,75)4)42-58(52)73(60)56-27-19-31-64-65(56)49-21-7-13-30-63(49)77-64/h6-13,18-35,40-43H,14-17,36-39H2,1-5H3. The second-order valence-electron chi connectivity index (χ2n) is 24.6. The van der Waals surface area contributed by atoms with Gasteiger partial charge in [0, 0.05) is 92.0 Å². The van der Waals surface area contributed by atoms with E-state index in [1.807, 2.05) is 22.7 Å². The lowest BCUT2D eigenvalue weighted by Gasteiger charge is -2.51. The summed E-state index contributed by atoms with van der Waals surface area (Å²) in [5, 5.41) is 5.27. The van der Waals surface area contributed by atoms with Gasteiger partial charge in [-0.25, -0.2) is 0 Å². The van der Waals surface area contributed by atoms with Gasteiger partial charge in [0.15, 0.2) is 0 Å². The van der Waals surface area contributed by atoms with E-state index in [-0.39, 0.29) is 28.6 Å². The van der Waals surface area contributed by atoms with Crippen molar-refractivity contribution in [2.24, 2.45) is 0 Å². The van der Waals surface area contributed by atoms with Gasteiger partial charge in [-0.05, 0) is 158 Å². The molecular weight excluding hydrogens is 984 g/mol. The topological polar surface area (TPSA) is 13.0 Å². The van der Waals surface area contributed by atoms with Crippen molar-refractivity contribution >= 4 is 143 Å². The smallest absolute Gasteiger partial charge is 0.252 e. The molecule has 6 heterocycles. The van der Waals surface area contributed by atoms with Gasteiger partial charge in [-0.3, -0.25) is 0 Å². The Labute approximate surface area is 466 Å². The number of hydrogen-bond donors (Lipinski definition) is 0. The van der Waals surface area contributed by atoms with E-state index in [2.05, 4.69) is 236 Å². The van der Waals surface area contributed by atoms with Crippen LogP contribution in [0.3, 0.4) is 0 Å². The maximum absolute atomic E-state index is 2.78. The van der Waals surface area contributed by atoms with Crippen LogP contribution in [0.25, 0.3) is 40.3 Å².